The molecule has 1 aromatic carbocycles. The van der Waals surface area contributed by atoms with Gasteiger partial charge in [0, 0.05) is 45.0 Å². The zero-order valence-electron chi connectivity index (χ0n) is 18.0. The van der Waals surface area contributed by atoms with E-state index in [0.717, 1.165) is 18.8 Å². The van der Waals surface area contributed by atoms with E-state index >= 15 is 0 Å². The number of anilines is 1. The summed E-state index contributed by atoms with van der Waals surface area (Å²) >= 11 is 0. The molecule has 0 bridgehead atoms. The first-order valence-electron chi connectivity index (χ1n) is 10.5. The highest BCUT2D eigenvalue weighted by atomic mass is 16.5. The lowest BCUT2D eigenvalue weighted by atomic mass is 10.2. The van der Waals surface area contributed by atoms with Crippen molar-refractivity contribution in [1.29, 1.82) is 0 Å². The smallest absolute Gasteiger partial charge is 0.339 e. The van der Waals surface area contributed by atoms with Crippen molar-refractivity contribution in [3.8, 4) is 0 Å². The summed E-state index contributed by atoms with van der Waals surface area (Å²) in [5.74, 6) is 0.137. The molecule has 3 rings (SSSR count). The first-order chi connectivity index (χ1) is 15.0. The van der Waals surface area contributed by atoms with E-state index in [-0.39, 0.29) is 24.3 Å². The molecule has 2 aromatic rings. The third kappa shape index (κ3) is 5.81. The van der Waals surface area contributed by atoms with Gasteiger partial charge in [-0.1, -0.05) is 18.2 Å². The topological polar surface area (TPSA) is 83.0 Å². The van der Waals surface area contributed by atoms with Crippen LogP contribution >= 0.6 is 0 Å². The van der Waals surface area contributed by atoms with Crippen LogP contribution in [0, 0.1) is 0 Å². The zero-order valence-corrected chi connectivity index (χ0v) is 18.0. The number of hydrogen-bond donors (Lipinski definition) is 0. The molecule has 0 saturated carbocycles. The maximum Gasteiger partial charge on any atom is 0.339 e. The van der Waals surface area contributed by atoms with Crippen molar-refractivity contribution in [2.45, 2.75) is 13.3 Å². The van der Waals surface area contributed by atoms with Gasteiger partial charge >= 0.3 is 5.97 Å². The molecule has 0 spiro atoms. The van der Waals surface area contributed by atoms with Crippen LogP contribution < -0.4 is 4.90 Å². The summed E-state index contributed by atoms with van der Waals surface area (Å²) in [6.45, 7) is 4.70. The molecule has 0 radical (unpaired) electrons. The second-order valence-corrected chi connectivity index (χ2v) is 7.37. The third-order valence-corrected chi connectivity index (χ3v) is 5.17. The van der Waals surface area contributed by atoms with Crippen molar-refractivity contribution in [2.24, 2.45) is 0 Å². The molecule has 31 heavy (non-hydrogen) atoms. The summed E-state index contributed by atoms with van der Waals surface area (Å²) in [6, 6.07) is 12.5. The van der Waals surface area contributed by atoms with Gasteiger partial charge in [-0.3, -0.25) is 9.59 Å². The van der Waals surface area contributed by atoms with E-state index in [1.54, 1.807) is 55.3 Å². The van der Waals surface area contributed by atoms with Gasteiger partial charge in [0.2, 0.25) is 5.91 Å². The Morgan fingerprint density at radius 3 is 2.45 bits per heavy atom. The Labute approximate surface area is 182 Å². The van der Waals surface area contributed by atoms with E-state index in [1.165, 1.54) is 11.1 Å². The number of amides is 2. The van der Waals surface area contributed by atoms with E-state index < -0.39 is 0 Å². The predicted molar refractivity (Wildman–Crippen MR) is 117 cm³/mol. The zero-order chi connectivity index (χ0) is 22.2. The highest BCUT2D eigenvalue weighted by molar-refractivity contribution is 5.96. The standard InChI is InChI=1S/C23H28N4O4/c1-3-31-23(30)19-10-11-20(24-16-19)26-12-7-13-27(15-14-26)21(28)17-25(2)22(29)18-8-5-4-6-9-18/h4-6,8-11,16H,3,7,12-15,17H2,1-2H3. The molecule has 1 aliphatic rings. The van der Waals surface area contributed by atoms with Gasteiger partial charge in [-0.2, -0.15) is 0 Å². The van der Waals surface area contributed by atoms with Crippen molar-refractivity contribution in [3.63, 3.8) is 0 Å². The van der Waals surface area contributed by atoms with Gasteiger partial charge in [0.1, 0.15) is 5.82 Å². The minimum atomic E-state index is -0.386. The Morgan fingerprint density at radius 1 is 1.00 bits per heavy atom. The Balaban J connectivity index is 1.55. The number of ether oxygens (including phenoxy) is 1. The van der Waals surface area contributed by atoms with Crippen LogP contribution in [0.15, 0.2) is 48.7 Å². The van der Waals surface area contributed by atoms with Crippen LogP contribution in [0.2, 0.25) is 0 Å². The molecule has 0 unspecified atom stereocenters. The molecule has 1 aliphatic heterocycles. The average molecular weight is 425 g/mol. The summed E-state index contributed by atoms with van der Waals surface area (Å²) in [5, 5.41) is 0. The number of aromatic nitrogens is 1. The van der Waals surface area contributed by atoms with E-state index in [1.807, 2.05) is 6.07 Å². The highest BCUT2D eigenvalue weighted by Crippen LogP contribution is 2.15. The quantitative estimate of drug-likeness (QED) is 0.661. The molecule has 1 aromatic heterocycles. The average Bonchev–Trinajstić information content (AvgIpc) is 3.06. The van der Waals surface area contributed by atoms with Crippen LogP contribution in [0.3, 0.4) is 0 Å². The maximum atomic E-state index is 12.8. The molecular weight excluding hydrogens is 396 g/mol. The Kier molecular flexibility index (Phi) is 7.59. The lowest BCUT2D eigenvalue weighted by molar-refractivity contribution is -0.131. The molecule has 8 nitrogen and oxygen atoms in total. The van der Waals surface area contributed by atoms with Crippen LogP contribution in [0.25, 0.3) is 0 Å². The van der Waals surface area contributed by atoms with E-state index in [2.05, 4.69) is 9.88 Å². The van der Waals surface area contributed by atoms with Crippen LogP contribution in [0.5, 0.6) is 0 Å². The first-order valence-corrected chi connectivity index (χ1v) is 10.5. The largest absolute Gasteiger partial charge is 0.462 e. The van der Waals surface area contributed by atoms with Gasteiger partial charge < -0.3 is 19.4 Å². The Morgan fingerprint density at radius 2 is 1.77 bits per heavy atom. The van der Waals surface area contributed by atoms with Crippen molar-refractivity contribution in [1.82, 2.24) is 14.8 Å². The number of nitrogens with zero attached hydrogens (tertiary/aromatic N) is 4. The molecule has 1 saturated heterocycles. The molecule has 8 heteroatoms. The fourth-order valence-electron chi connectivity index (χ4n) is 3.48. The third-order valence-electron chi connectivity index (χ3n) is 5.17. The molecule has 1 fully saturated rings. The summed E-state index contributed by atoms with van der Waals surface area (Å²) in [5.41, 5.74) is 0.987. The number of rotatable bonds is 6. The van der Waals surface area contributed by atoms with E-state index in [9.17, 15) is 14.4 Å². The molecule has 2 heterocycles. The normalized spacial score (nSPS) is 14.0. The SMILES string of the molecule is CCOC(=O)c1ccc(N2CCCN(C(=O)CN(C)C(=O)c3ccccc3)CC2)nc1. The van der Waals surface area contributed by atoms with Gasteiger partial charge in [0.25, 0.3) is 5.91 Å². The summed E-state index contributed by atoms with van der Waals surface area (Å²) in [7, 11) is 1.65. The fourth-order valence-corrected chi connectivity index (χ4v) is 3.48. The van der Waals surface area contributed by atoms with Crippen molar-refractivity contribution in [3.05, 3.63) is 59.8 Å². The van der Waals surface area contributed by atoms with Gasteiger partial charge in [0.15, 0.2) is 0 Å². The number of likely N-dealkylation sites (N-methyl/N-ethyl adjacent to an activating group) is 1. The summed E-state index contributed by atoms with van der Waals surface area (Å²) < 4.78 is 4.99. The van der Waals surface area contributed by atoms with Gasteiger partial charge in [-0.15, -0.1) is 0 Å². The van der Waals surface area contributed by atoms with Crippen molar-refractivity contribution >= 4 is 23.6 Å². The summed E-state index contributed by atoms with van der Waals surface area (Å²) in [4.78, 5) is 46.8. The van der Waals surface area contributed by atoms with E-state index in [0.29, 0.717) is 37.4 Å². The van der Waals surface area contributed by atoms with Gasteiger partial charge in [-0.05, 0) is 37.6 Å². The van der Waals surface area contributed by atoms with Crippen LogP contribution in [-0.4, -0.2) is 78.9 Å². The maximum absolute atomic E-state index is 12.8. The molecule has 0 atom stereocenters. The predicted octanol–water partition coefficient (Wildman–Crippen LogP) is 2.07. The molecule has 0 aliphatic carbocycles. The minimum absolute atomic E-state index is 0.0419. The number of carbonyl (C=O) groups excluding carboxylic acids is 3. The van der Waals surface area contributed by atoms with Gasteiger partial charge in [-0.25, -0.2) is 9.78 Å². The van der Waals surface area contributed by atoms with Crippen LogP contribution in [-0.2, 0) is 9.53 Å². The molecule has 0 N–H and O–H groups in total. The number of esters is 1. The molecule has 2 amide bonds. The van der Waals surface area contributed by atoms with Crippen LogP contribution in [0.1, 0.15) is 34.1 Å². The number of hydrogen-bond acceptors (Lipinski definition) is 6. The van der Waals surface area contributed by atoms with Crippen molar-refractivity contribution in [2.75, 3.05) is 51.3 Å². The van der Waals surface area contributed by atoms with Crippen LogP contribution in [0.4, 0.5) is 5.82 Å². The Hall–Kier alpha value is -3.42. The number of pyridine rings is 1. The Bertz CT molecular complexity index is 902. The molecular formula is C23H28N4O4. The highest BCUT2D eigenvalue weighted by Gasteiger charge is 2.23. The van der Waals surface area contributed by atoms with Crippen molar-refractivity contribution < 1.29 is 19.1 Å². The summed E-state index contributed by atoms with van der Waals surface area (Å²) in [6.07, 6.45) is 2.31. The minimum Gasteiger partial charge on any atom is -0.462 e. The number of benzene rings is 1. The monoisotopic (exact) mass is 424 g/mol. The lowest BCUT2D eigenvalue weighted by Crippen LogP contribution is -2.42. The van der Waals surface area contributed by atoms with Gasteiger partial charge in [0.05, 0.1) is 18.7 Å². The first kappa shape index (κ1) is 22.3. The lowest BCUT2D eigenvalue weighted by Gasteiger charge is -2.25. The number of carbonyl (C=O) groups is 3. The molecule has 164 valence electrons. The fraction of sp³-hybridized carbons (Fsp3) is 0.391. The second kappa shape index (κ2) is 10.6. The van der Waals surface area contributed by atoms with E-state index in [4.69, 9.17) is 4.74 Å². The second-order valence-electron chi connectivity index (χ2n) is 7.37.